The van der Waals surface area contributed by atoms with E-state index >= 15 is 0 Å². The average Bonchev–Trinajstić information content (AvgIpc) is 3.03. The van der Waals surface area contributed by atoms with Crippen LogP contribution in [0.4, 0.5) is 11.4 Å². The average molecular weight is 371 g/mol. The van der Waals surface area contributed by atoms with Gasteiger partial charge in [0.15, 0.2) is 0 Å². The summed E-state index contributed by atoms with van der Waals surface area (Å²) in [4.78, 5) is 26.4. The van der Waals surface area contributed by atoms with E-state index in [0.717, 1.165) is 0 Å². The van der Waals surface area contributed by atoms with Gasteiger partial charge in [-0.15, -0.1) is 0 Å². The Hall–Kier alpha value is -2.79. The summed E-state index contributed by atoms with van der Waals surface area (Å²) in [7, 11) is 0. The molecule has 0 radical (unpaired) electrons. The van der Waals surface area contributed by atoms with Crippen molar-refractivity contribution >= 4 is 34.8 Å². The quantitative estimate of drug-likeness (QED) is 0.784. The molecule has 1 heterocycles. The van der Waals surface area contributed by atoms with Crippen molar-refractivity contribution in [2.75, 3.05) is 23.4 Å². The second-order valence-electron chi connectivity index (χ2n) is 6.00. The number of halogens is 1. The van der Waals surface area contributed by atoms with E-state index in [1.807, 2.05) is 6.07 Å². The molecule has 3 rings (SSSR count). The summed E-state index contributed by atoms with van der Waals surface area (Å²) in [6.45, 7) is 4.36. The van der Waals surface area contributed by atoms with E-state index < -0.39 is 5.92 Å². The van der Waals surface area contributed by atoms with Gasteiger partial charge in [-0.05, 0) is 42.5 Å². The lowest BCUT2D eigenvalue weighted by Gasteiger charge is -2.17. The van der Waals surface area contributed by atoms with E-state index in [4.69, 9.17) is 16.3 Å². The Morgan fingerprint density at radius 3 is 2.77 bits per heavy atom. The van der Waals surface area contributed by atoms with Crippen LogP contribution in [0.25, 0.3) is 0 Å². The third kappa shape index (κ3) is 4.24. The van der Waals surface area contributed by atoms with Gasteiger partial charge < -0.3 is 15.0 Å². The summed E-state index contributed by atoms with van der Waals surface area (Å²) in [5.41, 5.74) is 1.37. The van der Waals surface area contributed by atoms with Gasteiger partial charge >= 0.3 is 0 Å². The molecule has 0 aliphatic carbocycles. The molecular formula is C20H19ClN2O3. The van der Waals surface area contributed by atoms with Gasteiger partial charge in [0, 0.05) is 29.4 Å². The highest BCUT2D eigenvalue weighted by molar-refractivity contribution is 6.31. The van der Waals surface area contributed by atoms with E-state index in [1.165, 1.54) is 0 Å². The number of amides is 2. The third-order valence-electron chi connectivity index (χ3n) is 4.11. The Labute approximate surface area is 157 Å². The third-order valence-corrected chi connectivity index (χ3v) is 4.34. The zero-order valence-electron chi connectivity index (χ0n) is 14.2. The molecule has 2 aromatic rings. The van der Waals surface area contributed by atoms with Crippen LogP contribution in [-0.2, 0) is 9.59 Å². The molecule has 1 N–H and O–H groups in total. The van der Waals surface area contributed by atoms with E-state index in [0.29, 0.717) is 35.3 Å². The number of anilines is 2. The van der Waals surface area contributed by atoms with E-state index in [9.17, 15) is 9.59 Å². The first kappa shape index (κ1) is 18.0. The number of nitrogens with one attached hydrogen (secondary N) is 1. The zero-order valence-corrected chi connectivity index (χ0v) is 14.9. The molecule has 0 aromatic heterocycles. The second kappa shape index (κ2) is 8.06. The topological polar surface area (TPSA) is 58.6 Å². The molecule has 0 unspecified atom stereocenters. The lowest BCUT2D eigenvalue weighted by Crippen LogP contribution is -2.28. The normalized spacial score (nSPS) is 16.4. The number of benzene rings is 2. The van der Waals surface area contributed by atoms with E-state index in [1.54, 1.807) is 53.4 Å². The van der Waals surface area contributed by atoms with Crippen LogP contribution < -0.4 is 15.0 Å². The molecule has 0 saturated carbocycles. The number of carbonyl (C=O) groups excluding carboxylic acids is 2. The van der Waals surface area contributed by atoms with E-state index in [2.05, 4.69) is 11.9 Å². The maximum Gasteiger partial charge on any atom is 0.229 e. The second-order valence-corrected chi connectivity index (χ2v) is 6.44. The van der Waals surface area contributed by atoms with Crippen LogP contribution in [0.15, 0.2) is 61.2 Å². The van der Waals surface area contributed by atoms with Crippen molar-refractivity contribution in [3.8, 4) is 5.75 Å². The monoisotopic (exact) mass is 370 g/mol. The van der Waals surface area contributed by atoms with Gasteiger partial charge in [-0.2, -0.15) is 0 Å². The Morgan fingerprint density at radius 1 is 1.31 bits per heavy atom. The summed E-state index contributed by atoms with van der Waals surface area (Å²) in [6, 6.07) is 14.2. The number of hydrogen-bond donors (Lipinski definition) is 1. The van der Waals surface area contributed by atoms with Gasteiger partial charge in [-0.3, -0.25) is 9.59 Å². The number of carbonyl (C=O) groups is 2. The minimum absolute atomic E-state index is 0.0828. The van der Waals surface area contributed by atoms with Crippen molar-refractivity contribution in [3.05, 3.63) is 66.2 Å². The molecule has 1 aliphatic heterocycles. The summed E-state index contributed by atoms with van der Waals surface area (Å²) in [5, 5.41) is 3.41. The Bertz CT molecular complexity index is 820. The van der Waals surface area contributed by atoms with Gasteiger partial charge in [0.25, 0.3) is 0 Å². The fraction of sp³-hybridized carbons (Fsp3) is 0.200. The van der Waals surface area contributed by atoms with Crippen LogP contribution in [0.2, 0.25) is 5.02 Å². The highest BCUT2D eigenvalue weighted by Gasteiger charge is 2.35. The molecule has 0 spiro atoms. The van der Waals surface area contributed by atoms with Gasteiger partial charge in [-0.1, -0.05) is 30.3 Å². The van der Waals surface area contributed by atoms with Crippen LogP contribution in [0, 0.1) is 5.92 Å². The van der Waals surface area contributed by atoms with Crippen LogP contribution in [-0.4, -0.2) is 25.0 Å². The van der Waals surface area contributed by atoms with Crippen molar-refractivity contribution in [1.29, 1.82) is 0 Å². The largest absolute Gasteiger partial charge is 0.490 e. The van der Waals surface area contributed by atoms with Gasteiger partial charge in [0.05, 0.1) is 5.92 Å². The van der Waals surface area contributed by atoms with Gasteiger partial charge in [0.2, 0.25) is 11.8 Å². The summed E-state index contributed by atoms with van der Waals surface area (Å²) in [6.07, 6.45) is 1.84. The molecular weight excluding hydrogens is 352 g/mol. The number of hydrogen-bond acceptors (Lipinski definition) is 3. The fourth-order valence-corrected chi connectivity index (χ4v) is 3.00. The molecule has 6 heteroatoms. The maximum atomic E-state index is 12.5. The number of rotatable bonds is 6. The minimum atomic E-state index is -0.404. The van der Waals surface area contributed by atoms with Crippen LogP contribution >= 0.6 is 11.6 Å². The highest BCUT2D eigenvalue weighted by atomic mass is 35.5. The molecule has 1 fully saturated rings. The SMILES string of the molecule is C=CCOc1ccc(NC(=O)[C@@H]2CC(=O)N(c3cccc(Cl)c3)C2)cc1. The first-order chi connectivity index (χ1) is 12.6. The number of nitrogens with zero attached hydrogens (tertiary/aromatic N) is 1. The Morgan fingerprint density at radius 2 is 2.08 bits per heavy atom. The molecule has 26 heavy (non-hydrogen) atoms. The van der Waals surface area contributed by atoms with Gasteiger partial charge in [-0.25, -0.2) is 0 Å². The first-order valence-corrected chi connectivity index (χ1v) is 8.65. The van der Waals surface area contributed by atoms with Crippen molar-refractivity contribution in [2.45, 2.75) is 6.42 Å². The predicted molar refractivity (Wildman–Crippen MR) is 103 cm³/mol. The van der Waals surface area contributed by atoms with Crippen LogP contribution in [0.3, 0.4) is 0 Å². The van der Waals surface area contributed by atoms with Crippen molar-refractivity contribution in [1.82, 2.24) is 0 Å². The van der Waals surface area contributed by atoms with Crippen molar-refractivity contribution in [3.63, 3.8) is 0 Å². The van der Waals surface area contributed by atoms with Gasteiger partial charge in [0.1, 0.15) is 12.4 Å². The Balaban J connectivity index is 1.62. The van der Waals surface area contributed by atoms with Crippen LogP contribution in [0.1, 0.15) is 6.42 Å². The summed E-state index contributed by atoms with van der Waals surface area (Å²) >= 11 is 5.99. The fourth-order valence-electron chi connectivity index (χ4n) is 2.81. The molecule has 2 amide bonds. The summed E-state index contributed by atoms with van der Waals surface area (Å²) in [5.74, 6) is 0.0347. The predicted octanol–water partition coefficient (Wildman–Crippen LogP) is 3.90. The number of ether oxygens (including phenoxy) is 1. The van der Waals surface area contributed by atoms with Crippen molar-refractivity contribution in [2.24, 2.45) is 5.92 Å². The van der Waals surface area contributed by atoms with Crippen molar-refractivity contribution < 1.29 is 14.3 Å². The zero-order chi connectivity index (χ0) is 18.5. The standard InChI is InChI=1S/C20H19ClN2O3/c1-2-10-26-18-8-6-16(7-9-18)22-20(25)14-11-19(24)23(13-14)17-5-3-4-15(21)12-17/h2-9,12,14H,1,10-11,13H2,(H,22,25)/t14-/m1/s1. The molecule has 1 atom stereocenters. The lowest BCUT2D eigenvalue weighted by atomic mass is 10.1. The molecule has 134 valence electrons. The van der Waals surface area contributed by atoms with Crippen LogP contribution in [0.5, 0.6) is 5.75 Å². The first-order valence-electron chi connectivity index (χ1n) is 8.27. The molecule has 0 bridgehead atoms. The minimum Gasteiger partial charge on any atom is -0.490 e. The molecule has 1 saturated heterocycles. The van der Waals surface area contributed by atoms with E-state index in [-0.39, 0.29) is 18.2 Å². The Kier molecular flexibility index (Phi) is 5.58. The smallest absolute Gasteiger partial charge is 0.229 e. The molecule has 1 aliphatic rings. The lowest BCUT2D eigenvalue weighted by molar-refractivity contribution is -0.122. The molecule has 5 nitrogen and oxygen atoms in total. The maximum absolute atomic E-state index is 12.5. The summed E-state index contributed by atoms with van der Waals surface area (Å²) < 4.78 is 5.41. The molecule has 2 aromatic carbocycles. The highest BCUT2D eigenvalue weighted by Crippen LogP contribution is 2.28.